The molecule has 1 heterocycles. The highest BCUT2D eigenvalue weighted by molar-refractivity contribution is 5.97. The molecule has 0 aromatic heterocycles. The van der Waals surface area contributed by atoms with E-state index < -0.39 is 0 Å². The maximum atomic E-state index is 14.3. The molecular formula is C18H18FNO. The smallest absolute Gasteiger partial charge is 0.217 e. The molecule has 3 heteroatoms. The van der Waals surface area contributed by atoms with Gasteiger partial charge < -0.3 is 4.74 Å². The minimum absolute atomic E-state index is 0.215. The lowest BCUT2D eigenvalue weighted by Crippen LogP contribution is -2.17. The molecule has 0 bridgehead atoms. The van der Waals surface area contributed by atoms with Crippen LogP contribution in [0.3, 0.4) is 0 Å². The van der Waals surface area contributed by atoms with Gasteiger partial charge in [-0.1, -0.05) is 36.4 Å². The molecule has 0 saturated carbocycles. The van der Waals surface area contributed by atoms with Gasteiger partial charge in [-0.3, -0.25) is 0 Å². The Balaban J connectivity index is 2.01. The molecule has 2 aromatic rings. The molecule has 0 N–H and O–H groups in total. The lowest BCUT2D eigenvalue weighted by atomic mass is 9.99. The van der Waals surface area contributed by atoms with Gasteiger partial charge in [-0.25, -0.2) is 9.38 Å². The number of hydrogen-bond acceptors (Lipinski definition) is 2. The van der Waals surface area contributed by atoms with Crippen molar-refractivity contribution in [2.45, 2.75) is 25.8 Å². The molecule has 1 aliphatic heterocycles. The van der Waals surface area contributed by atoms with E-state index in [4.69, 9.17) is 4.74 Å². The third-order valence-corrected chi connectivity index (χ3v) is 3.54. The van der Waals surface area contributed by atoms with Crippen molar-refractivity contribution in [2.24, 2.45) is 4.99 Å². The summed E-state index contributed by atoms with van der Waals surface area (Å²) in [6.45, 7) is 4.55. The minimum atomic E-state index is -0.244. The summed E-state index contributed by atoms with van der Waals surface area (Å²) >= 11 is 0. The van der Waals surface area contributed by atoms with Crippen LogP contribution >= 0.6 is 0 Å². The largest absolute Gasteiger partial charge is 0.475 e. The number of rotatable bonds is 3. The molecule has 2 nitrogen and oxygen atoms in total. The van der Waals surface area contributed by atoms with Gasteiger partial charge in [0.05, 0.1) is 5.54 Å². The predicted molar refractivity (Wildman–Crippen MR) is 82.2 cm³/mol. The van der Waals surface area contributed by atoms with Crippen LogP contribution in [0.2, 0.25) is 0 Å². The van der Waals surface area contributed by atoms with E-state index in [9.17, 15) is 4.39 Å². The van der Waals surface area contributed by atoms with Gasteiger partial charge in [-0.15, -0.1) is 0 Å². The molecule has 0 saturated heterocycles. The van der Waals surface area contributed by atoms with E-state index in [0.29, 0.717) is 24.5 Å². The number of benzene rings is 2. The Morgan fingerprint density at radius 1 is 1.10 bits per heavy atom. The molecule has 0 unspecified atom stereocenters. The Kier molecular flexibility index (Phi) is 3.50. The fourth-order valence-corrected chi connectivity index (χ4v) is 2.46. The first kappa shape index (κ1) is 13.8. The van der Waals surface area contributed by atoms with E-state index in [-0.39, 0.29) is 11.4 Å². The van der Waals surface area contributed by atoms with E-state index in [1.54, 1.807) is 6.07 Å². The monoisotopic (exact) mass is 283 g/mol. The number of nitrogens with zero attached hydrogens (tertiary/aromatic N) is 1. The van der Waals surface area contributed by atoms with Crippen LogP contribution in [-0.2, 0) is 11.2 Å². The summed E-state index contributed by atoms with van der Waals surface area (Å²) < 4.78 is 19.9. The van der Waals surface area contributed by atoms with Crippen LogP contribution in [-0.4, -0.2) is 18.0 Å². The van der Waals surface area contributed by atoms with E-state index in [1.165, 1.54) is 6.07 Å². The molecule has 3 rings (SSSR count). The normalized spacial score (nSPS) is 16.4. The summed E-state index contributed by atoms with van der Waals surface area (Å²) in [6, 6.07) is 14.9. The van der Waals surface area contributed by atoms with E-state index in [1.807, 2.05) is 50.2 Å². The van der Waals surface area contributed by atoms with Crippen molar-refractivity contribution in [3.63, 3.8) is 0 Å². The molecule has 0 amide bonds. The first-order valence-electron chi connectivity index (χ1n) is 7.09. The number of halogens is 1. The average Bonchev–Trinajstić information content (AvgIpc) is 2.82. The maximum absolute atomic E-state index is 14.3. The van der Waals surface area contributed by atoms with Crippen molar-refractivity contribution < 1.29 is 9.13 Å². The van der Waals surface area contributed by atoms with Crippen molar-refractivity contribution >= 4 is 5.90 Å². The molecule has 21 heavy (non-hydrogen) atoms. The fourth-order valence-electron chi connectivity index (χ4n) is 2.46. The van der Waals surface area contributed by atoms with E-state index in [2.05, 4.69) is 4.99 Å². The number of hydrogen-bond donors (Lipinski definition) is 0. The molecule has 108 valence electrons. The molecular weight excluding hydrogens is 265 g/mol. The average molecular weight is 283 g/mol. The van der Waals surface area contributed by atoms with Crippen LogP contribution in [0.15, 0.2) is 53.5 Å². The Hall–Kier alpha value is -2.16. The van der Waals surface area contributed by atoms with Crippen LogP contribution in [0.25, 0.3) is 0 Å². The van der Waals surface area contributed by atoms with Gasteiger partial charge in [0.2, 0.25) is 5.90 Å². The van der Waals surface area contributed by atoms with Gasteiger partial charge in [0, 0.05) is 17.5 Å². The van der Waals surface area contributed by atoms with E-state index >= 15 is 0 Å². The van der Waals surface area contributed by atoms with Crippen molar-refractivity contribution in [3.05, 3.63) is 71.0 Å². The summed E-state index contributed by atoms with van der Waals surface area (Å²) in [6.07, 6.45) is 0.533. The molecule has 2 aromatic carbocycles. The highest BCUT2D eigenvalue weighted by atomic mass is 19.1. The van der Waals surface area contributed by atoms with Crippen LogP contribution < -0.4 is 0 Å². The first-order valence-corrected chi connectivity index (χ1v) is 7.09. The van der Waals surface area contributed by atoms with Crippen LogP contribution in [0.4, 0.5) is 4.39 Å². The zero-order valence-corrected chi connectivity index (χ0v) is 12.3. The van der Waals surface area contributed by atoms with Gasteiger partial charge >= 0.3 is 0 Å². The van der Waals surface area contributed by atoms with Gasteiger partial charge in [-0.05, 0) is 31.5 Å². The Bertz CT molecular complexity index is 677. The molecule has 0 atom stereocenters. The summed E-state index contributed by atoms with van der Waals surface area (Å²) in [7, 11) is 0. The summed E-state index contributed by atoms with van der Waals surface area (Å²) in [5, 5.41) is 0. The van der Waals surface area contributed by atoms with Crippen molar-refractivity contribution in [2.75, 3.05) is 6.61 Å². The lowest BCUT2D eigenvalue weighted by molar-refractivity contribution is 0.279. The zero-order chi connectivity index (χ0) is 14.9. The van der Waals surface area contributed by atoms with Gasteiger partial charge in [-0.2, -0.15) is 0 Å². The minimum Gasteiger partial charge on any atom is -0.475 e. The Morgan fingerprint density at radius 3 is 2.52 bits per heavy atom. The van der Waals surface area contributed by atoms with Crippen molar-refractivity contribution in [3.8, 4) is 0 Å². The Labute approximate surface area is 124 Å². The first-order chi connectivity index (χ1) is 10.1. The van der Waals surface area contributed by atoms with Gasteiger partial charge in [0.25, 0.3) is 0 Å². The molecule has 0 spiro atoms. The highest BCUT2D eigenvalue weighted by Gasteiger charge is 2.28. The van der Waals surface area contributed by atoms with Crippen LogP contribution in [0.1, 0.15) is 30.5 Å². The summed E-state index contributed by atoms with van der Waals surface area (Å²) in [5.74, 6) is 0.331. The second-order valence-corrected chi connectivity index (χ2v) is 5.95. The summed E-state index contributed by atoms with van der Waals surface area (Å²) in [5.41, 5.74) is 2.22. The molecule has 0 fully saturated rings. The quantitative estimate of drug-likeness (QED) is 0.835. The molecule has 0 radical (unpaired) electrons. The number of aliphatic imine (C=N–C) groups is 1. The topological polar surface area (TPSA) is 21.6 Å². The summed E-state index contributed by atoms with van der Waals surface area (Å²) in [4.78, 5) is 4.56. The van der Waals surface area contributed by atoms with Crippen LogP contribution in [0, 0.1) is 5.82 Å². The second-order valence-electron chi connectivity index (χ2n) is 5.95. The van der Waals surface area contributed by atoms with E-state index in [0.717, 1.165) is 11.1 Å². The van der Waals surface area contributed by atoms with Crippen LogP contribution in [0.5, 0.6) is 0 Å². The molecule has 0 aliphatic carbocycles. The van der Waals surface area contributed by atoms with Crippen molar-refractivity contribution in [1.29, 1.82) is 0 Å². The van der Waals surface area contributed by atoms with Gasteiger partial charge in [0.1, 0.15) is 12.4 Å². The fraction of sp³-hybridized carbons (Fsp3) is 0.278. The highest BCUT2D eigenvalue weighted by Crippen LogP contribution is 2.25. The third-order valence-electron chi connectivity index (χ3n) is 3.54. The second kappa shape index (κ2) is 5.32. The van der Waals surface area contributed by atoms with Gasteiger partial charge in [0.15, 0.2) is 0 Å². The molecule has 1 aliphatic rings. The SMILES string of the molecule is CC1(C)COC(c2cccc(F)c2Cc2ccccc2)=N1. The third kappa shape index (κ3) is 2.97. The standard InChI is InChI=1S/C18H18FNO/c1-18(2)12-21-17(20-18)14-9-6-10-16(19)15(14)11-13-7-4-3-5-8-13/h3-10H,11-12H2,1-2H3. The lowest BCUT2D eigenvalue weighted by Gasteiger charge is -2.10. The Morgan fingerprint density at radius 2 is 1.86 bits per heavy atom. The predicted octanol–water partition coefficient (Wildman–Crippen LogP) is 3.97. The number of ether oxygens (including phenoxy) is 1. The maximum Gasteiger partial charge on any atom is 0.217 e. The van der Waals surface area contributed by atoms with Crippen molar-refractivity contribution in [1.82, 2.24) is 0 Å². The zero-order valence-electron chi connectivity index (χ0n) is 12.3.